The van der Waals surface area contributed by atoms with Crippen LogP contribution < -0.4 is 16.0 Å². The number of aryl methyl sites for hydroxylation is 3. The lowest BCUT2D eigenvalue weighted by atomic mass is 9.81. The predicted molar refractivity (Wildman–Crippen MR) is 165 cm³/mol. The fourth-order valence-corrected chi connectivity index (χ4v) is 5.35. The number of anilines is 2. The molecule has 41 heavy (non-hydrogen) atoms. The van der Waals surface area contributed by atoms with E-state index in [1.165, 1.54) is 75.6 Å². The number of nitrogens with one attached hydrogen (secondary N) is 4. The molecular formula is C32H47F3N6. The van der Waals surface area contributed by atoms with Gasteiger partial charge in [-0.3, -0.25) is 5.10 Å². The predicted octanol–water partition coefficient (Wildman–Crippen LogP) is 8.83. The highest BCUT2D eigenvalue weighted by atomic mass is 19.4. The summed E-state index contributed by atoms with van der Waals surface area (Å²) in [6.07, 6.45) is 7.97. The molecule has 4 rings (SSSR count). The van der Waals surface area contributed by atoms with Gasteiger partial charge in [0.05, 0.1) is 5.57 Å². The van der Waals surface area contributed by atoms with Crippen LogP contribution in [0.15, 0.2) is 47.2 Å². The first-order chi connectivity index (χ1) is 19.6. The van der Waals surface area contributed by atoms with Gasteiger partial charge in [-0.25, -0.2) is 4.99 Å². The van der Waals surface area contributed by atoms with Crippen molar-refractivity contribution >= 4 is 17.3 Å². The van der Waals surface area contributed by atoms with Gasteiger partial charge in [0.15, 0.2) is 5.82 Å². The van der Waals surface area contributed by atoms with Gasteiger partial charge in [0, 0.05) is 35.8 Å². The molecule has 2 heterocycles. The molecule has 1 aromatic heterocycles. The van der Waals surface area contributed by atoms with Gasteiger partial charge < -0.3 is 16.0 Å². The first-order valence-corrected chi connectivity index (χ1v) is 15.0. The molecule has 0 atom stereocenters. The van der Waals surface area contributed by atoms with Crippen LogP contribution in [-0.2, 0) is 0 Å². The van der Waals surface area contributed by atoms with Crippen molar-refractivity contribution in [3.05, 3.63) is 64.6 Å². The summed E-state index contributed by atoms with van der Waals surface area (Å²) in [4.78, 5) is 4.22. The Morgan fingerprint density at radius 3 is 2.22 bits per heavy atom. The van der Waals surface area contributed by atoms with Gasteiger partial charge in [0.1, 0.15) is 5.84 Å². The van der Waals surface area contributed by atoms with Crippen LogP contribution in [0, 0.1) is 20.8 Å². The number of hydrogen-bond donors (Lipinski definition) is 4. The van der Waals surface area contributed by atoms with Gasteiger partial charge in [-0.1, -0.05) is 45.3 Å². The number of aliphatic imine (C=N–C) groups is 1. The second kappa shape index (κ2) is 15.8. The van der Waals surface area contributed by atoms with E-state index in [0.717, 1.165) is 29.6 Å². The third-order valence-electron chi connectivity index (χ3n) is 7.60. The van der Waals surface area contributed by atoms with Crippen molar-refractivity contribution in [1.29, 1.82) is 0 Å². The summed E-state index contributed by atoms with van der Waals surface area (Å²) in [6, 6.07) is 5.93. The van der Waals surface area contributed by atoms with Gasteiger partial charge >= 0.3 is 6.18 Å². The molecule has 0 amide bonds. The number of H-pyrrole nitrogens is 1. The quantitative estimate of drug-likeness (QED) is 0.145. The number of piperidine rings is 1. The normalized spacial score (nSPS) is 17.0. The molecule has 0 unspecified atom stereocenters. The first kappa shape index (κ1) is 32.4. The molecule has 2 aromatic rings. The Morgan fingerprint density at radius 2 is 1.68 bits per heavy atom. The highest BCUT2D eigenvalue weighted by molar-refractivity contribution is 5.96. The highest BCUT2D eigenvalue weighted by Gasteiger charge is 2.36. The summed E-state index contributed by atoms with van der Waals surface area (Å²) < 4.78 is 41.4. The van der Waals surface area contributed by atoms with Crippen LogP contribution in [0.25, 0.3) is 0 Å². The van der Waals surface area contributed by atoms with Crippen LogP contribution in [0.2, 0.25) is 0 Å². The van der Waals surface area contributed by atoms with Crippen LogP contribution in [0.5, 0.6) is 0 Å². The maximum absolute atomic E-state index is 13.8. The number of amidine groups is 1. The molecule has 1 saturated carbocycles. The van der Waals surface area contributed by atoms with E-state index in [2.05, 4.69) is 56.8 Å². The molecule has 1 aliphatic carbocycles. The number of hydrogen-bond acceptors (Lipinski definition) is 4. The maximum atomic E-state index is 13.8. The Bertz CT molecular complexity index is 1170. The Balaban J connectivity index is 0.000000681. The van der Waals surface area contributed by atoms with Gasteiger partial charge in [-0.15, -0.1) is 0 Å². The van der Waals surface area contributed by atoms with Crippen LogP contribution in [0.4, 0.5) is 24.7 Å². The van der Waals surface area contributed by atoms with Crippen LogP contribution in [-0.4, -0.2) is 35.3 Å². The second-order valence-electron chi connectivity index (χ2n) is 11.2. The summed E-state index contributed by atoms with van der Waals surface area (Å²) in [5.41, 5.74) is 4.00. The standard InChI is InChI=1S/C27H36F3N5.C5H11N/c1-6-10-25(31-16-23(27(28,29)30)20(5)32-26-15-19(4)34-35-26)33-24-14-17(2)22(13-18(24)3)21-11-8-7-9-12-21;1-2-4-6-5-3-1/h13-16,21H,5-12H2,1-4H3,(H,31,33)(H2,32,34,35);6H,1-5H2/b23-16+;. The van der Waals surface area contributed by atoms with Crippen molar-refractivity contribution in [2.45, 2.75) is 104 Å². The average molecular weight is 573 g/mol. The highest BCUT2D eigenvalue weighted by Crippen LogP contribution is 2.36. The van der Waals surface area contributed by atoms with Crippen molar-refractivity contribution in [2.75, 3.05) is 23.7 Å². The molecule has 1 aliphatic heterocycles. The van der Waals surface area contributed by atoms with Crippen LogP contribution in [0.3, 0.4) is 0 Å². The molecular weight excluding hydrogens is 525 g/mol. The summed E-state index contributed by atoms with van der Waals surface area (Å²) in [7, 11) is 0. The maximum Gasteiger partial charge on any atom is 0.419 e. The number of halogens is 3. The van der Waals surface area contributed by atoms with Gasteiger partial charge in [-0.05, 0) is 94.6 Å². The minimum absolute atomic E-state index is 0.266. The molecule has 0 bridgehead atoms. The van der Waals surface area contributed by atoms with Crippen molar-refractivity contribution in [3.63, 3.8) is 0 Å². The summed E-state index contributed by atoms with van der Waals surface area (Å²) in [5, 5.41) is 15.8. The molecule has 1 aromatic carbocycles. The van der Waals surface area contributed by atoms with Crippen molar-refractivity contribution in [1.82, 2.24) is 15.5 Å². The number of nitrogens with zero attached hydrogens (tertiary/aromatic N) is 2. The first-order valence-electron chi connectivity index (χ1n) is 15.0. The minimum atomic E-state index is -4.62. The topological polar surface area (TPSA) is 77.1 Å². The van der Waals surface area contributed by atoms with Crippen LogP contribution >= 0.6 is 0 Å². The minimum Gasteiger partial charge on any atom is -0.344 e. The van der Waals surface area contributed by atoms with E-state index in [9.17, 15) is 13.2 Å². The molecule has 0 spiro atoms. The van der Waals surface area contributed by atoms with E-state index < -0.39 is 11.7 Å². The fourth-order valence-electron chi connectivity index (χ4n) is 5.35. The molecule has 2 aliphatic rings. The monoisotopic (exact) mass is 572 g/mol. The number of rotatable bonds is 8. The zero-order valence-electron chi connectivity index (χ0n) is 25.1. The van der Waals surface area contributed by atoms with E-state index in [-0.39, 0.29) is 11.5 Å². The Morgan fingerprint density at radius 1 is 1.00 bits per heavy atom. The second-order valence-corrected chi connectivity index (χ2v) is 11.2. The lowest BCUT2D eigenvalue weighted by Crippen LogP contribution is -2.21. The molecule has 9 heteroatoms. The molecule has 0 radical (unpaired) electrons. The van der Waals surface area contributed by atoms with Gasteiger partial charge in [0.2, 0.25) is 0 Å². The molecule has 2 fully saturated rings. The molecule has 1 saturated heterocycles. The fraction of sp³-hybridized carbons (Fsp3) is 0.562. The van der Waals surface area contributed by atoms with E-state index in [4.69, 9.17) is 0 Å². The SMILES string of the molecule is C1CCNCC1.C=C(Nc1cc(C)[nH]n1)/C(=C\N=C(CCC)Nc1cc(C)c(C2CCCCC2)cc1C)C(F)(F)F. The van der Waals surface area contributed by atoms with E-state index in [1.54, 1.807) is 13.0 Å². The third-order valence-corrected chi connectivity index (χ3v) is 7.60. The van der Waals surface area contributed by atoms with Crippen molar-refractivity contribution < 1.29 is 13.2 Å². The number of aromatic amines is 1. The zero-order valence-corrected chi connectivity index (χ0v) is 25.1. The van der Waals surface area contributed by atoms with E-state index >= 15 is 0 Å². The molecule has 226 valence electrons. The van der Waals surface area contributed by atoms with Crippen molar-refractivity contribution in [2.24, 2.45) is 4.99 Å². The van der Waals surface area contributed by atoms with Crippen molar-refractivity contribution in [3.8, 4) is 0 Å². The number of allylic oxidation sites excluding steroid dienone is 1. The smallest absolute Gasteiger partial charge is 0.344 e. The van der Waals surface area contributed by atoms with Gasteiger partial charge in [0.25, 0.3) is 0 Å². The van der Waals surface area contributed by atoms with Crippen LogP contribution in [0.1, 0.15) is 99.4 Å². The average Bonchev–Trinajstić information content (AvgIpc) is 3.35. The summed E-state index contributed by atoms with van der Waals surface area (Å²) in [6.45, 7) is 13.9. The summed E-state index contributed by atoms with van der Waals surface area (Å²) in [5.74, 6) is 1.34. The number of benzene rings is 1. The lowest BCUT2D eigenvalue weighted by Gasteiger charge is -2.25. The number of aromatic nitrogens is 2. The summed E-state index contributed by atoms with van der Waals surface area (Å²) >= 11 is 0. The molecule has 6 nitrogen and oxygen atoms in total. The number of alkyl halides is 3. The Kier molecular flexibility index (Phi) is 12.5. The largest absolute Gasteiger partial charge is 0.419 e. The third kappa shape index (κ3) is 10.4. The molecule has 4 N–H and O–H groups in total. The zero-order chi connectivity index (χ0) is 29.8. The van der Waals surface area contributed by atoms with E-state index in [0.29, 0.717) is 18.2 Å². The Hall–Kier alpha value is -3.07. The Labute approximate surface area is 243 Å². The van der Waals surface area contributed by atoms with Gasteiger partial charge in [-0.2, -0.15) is 18.3 Å². The van der Waals surface area contributed by atoms with E-state index in [1.807, 2.05) is 13.8 Å². The lowest BCUT2D eigenvalue weighted by molar-refractivity contribution is -0.0893.